The van der Waals surface area contributed by atoms with Crippen LogP contribution in [0.2, 0.25) is 0 Å². The van der Waals surface area contributed by atoms with Gasteiger partial charge in [0.1, 0.15) is 18.4 Å². The van der Waals surface area contributed by atoms with Gasteiger partial charge in [-0.2, -0.15) is 0 Å². The Kier molecular flexibility index (Phi) is 7.11. The molecule has 0 bridgehead atoms. The first-order valence-corrected chi connectivity index (χ1v) is 11.1. The number of anilines is 1. The van der Waals surface area contributed by atoms with Gasteiger partial charge in [0.05, 0.1) is 18.5 Å². The number of hydrogen-bond acceptors (Lipinski definition) is 7. The Labute approximate surface area is 201 Å². The number of pyridine rings is 1. The SMILES string of the molecule is COC(=O)N[C@H](C(=O)NO)[C@H]1CCN(c2ccc(OCc3cc(C)nc4ccccc34)cc2)C1=O. The molecule has 1 aliphatic heterocycles. The van der Waals surface area contributed by atoms with Crippen LogP contribution in [0.3, 0.4) is 0 Å². The molecule has 3 amide bonds. The van der Waals surface area contributed by atoms with Gasteiger partial charge in [0.15, 0.2) is 0 Å². The average molecular weight is 479 g/mol. The summed E-state index contributed by atoms with van der Waals surface area (Å²) in [5, 5.41) is 12.4. The largest absolute Gasteiger partial charge is 0.489 e. The van der Waals surface area contributed by atoms with E-state index >= 15 is 0 Å². The number of carbonyl (C=O) groups is 3. The standard InChI is InChI=1S/C25H26N4O6/c1-15-13-16(19-5-3-4-6-21(19)26-15)14-35-18-9-7-17(8-10-18)29-12-11-20(24(29)31)22(23(30)28-33)27-25(32)34-2/h3-10,13,20,22,33H,11-12,14H2,1-2H3,(H,27,32)(H,28,30)/t20-,22+/m1/s1. The molecule has 1 saturated heterocycles. The summed E-state index contributed by atoms with van der Waals surface area (Å²) < 4.78 is 10.5. The predicted molar refractivity (Wildman–Crippen MR) is 127 cm³/mol. The zero-order chi connectivity index (χ0) is 24.9. The van der Waals surface area contributed by atoms with Crippen LogP contribution in [-0.4, -0.2) is 47.8 Å². The van der Waals surface area contributed by atoms with Crippen LogP contribution in [0.4, 0.5) is 10.5 Å². The number of rotatable bonds is 7. The number of methoxy groups -OCH3 is 1. The fourth-order valence-corrected chi connectivity index (χ4v) is 4.27. The summed E-state index contributed by atoms with van der Waals surface area (Å²) in [6.07, 6.45) is -0.559. The molecule has 1 aromatic heterocycles. The van der Waals surface area contributed by atoms with E-state index in [0.717, 1.165) is 29.3 Å². The summed E-state index contributed by atoms with van der Waals surface area (Å²) in [5.74, 6) is -1.44. The number of nitrogens with one attached hydrogen (secondary N) is 2. The molecule has 0 aliphatic carbocycles. The normalized spacial score (nSPS) is 16.1. The highest BCUT2D eigenvalue weighted by atomic mass is 16.5. The van der Waals surface area contributed by atoms with Crippen molar-refractivity contribution in [2.24, 2.45) is 5.92 Å². The molecule has 10 heteroatoms. The molecule has 2 aromatic carbocycles. The molecular formula is C25H26N4O6. The van der Waals surface area contributed by atoms with Gasteiger partial charge in [-0.1, -0.05) is 18.2 Å². The molecule has 3 N–H and O–H groups in total. The number of aryl methyl sites for hydroxylation is 1. The van der Waals surface area contributed by atoms with Gasteiger partial charge in [-0.25, -0.2) is 10.3 Å². The molecule has 4 rings (SSSR count). The van der Waals surface area contributed by atoms with E-state index in [4.69, 9.17) is 9.94 Å². The average Bonchev–Trinajstić information content (AvgIpc) is 3.26. The van der Waals surface area contributed by atoms with Crippen LogP contribution in [0.5, 0.6) is 5.75 Å². The Hall–Kier alpha value is -4.18. The van der Waals surface area contributed by atoms with E-state index in [2.05, 4.69) is 15.0 Å². The highest BCUT2D eigenvalue weighted by molar-refractivity contribution is 6.01. The molecule has 182 valence electrons. The Bertz CT molecular complexity index is 1250. The maximum atomic E-state index is 13.0. The molecule has 0 radical (unpaired) electrons. The zero-order valence-electron chi connectivity index (χ0n) is 19.4. The molecule has 0 unspecified atom stereocenters. The topological polar surface area (TPSA) is 130 Å². The molecule has 1 aliphatic rings. The fourth-order valence-electron chi connectivity index (χ4n) is 4.27. The third-order valence-electron chi connectivity index (χ3n) is 5.97. The molecule has 0 spiro atoms. The fraction of sp³-hybridized carbons (Fsp3) is 0.280. The van der Waals surface area contributed by atoms with Crippen LogP contribution in [0.1, 0.15) is 17.7 Å². The number of fused-ring (bicyclic) bond motifs is 1. The Balaban J connectivity index is 1.44. The van der Waals surface area contributed by atoms with E-state index in [1.165, 1.54) is 10.4 Å². The number of carbonyl (C=O) groups excluding carboxylic acids is 3. The van der Waals surface area contributed by atoms with Crippen LogP contribution < -0.4 is 20.4 Å². The molecular weight excluding hydrogens is 452 g/mol. The Morgan fingerprint density at radius 3 is 2.66 bits per heavy atom. The minimum absolute atomic E-state index is 0.313. The van der Waals surface area contributed by atoms with Crippen LogP contribution >= 0.6 is 0 Å². The van der Waals surface area contributed by atoms with Gasteiger partial charge in [-0.05, 0) is 49.7 Å². The third-order valence-corrected chi connectivity index (χ3v) is 5.97. The molecule has 3 aromatic rings. The van der Waals surface area contributed by atoms with Crippen molar-refractivity contribution < 1.29 is 29.1 Å². The summed E-state index contributed by atoms with van der Waals surface area (Å²) in [6, 6.07) is 15.7. The Morgan fingerprint density at radius 1 is 1.20 bits per heavy atom. The van der Waals surface area contributed by atoms with Crippen molar-refractivity contribution in [2.75, 3.05) is 18.6 Å². The van der Waals surface area contributed by atoms with E-state index in [9.17, 15) is 14.4 Å². The lowest BCUT2D eigenvalue weighted by molar-refractivity contribution is -0.135. The minimum Gasteiger partial charge on any atom is -0.489 e. The highest BCUT2D eigenvalue weighted by Crippen LogP contribution is 2.29. The van der Waals surface area contributed by atoms with Crippen molar-refractivity contribution in [3.8, 4) is 5.75 Å². The second-order valence-electron chi connectivity index (χ2n) is 8.20. The third kappa shape index (κ3) is 5.17. The maximum absolute atomic E-state index is 13.0. The van der Waals surface area contributed by atoms with Crippen LogP contribution in [0, 0.1) is 12.8 Å². The first-order valence-electron chi connectivity index (χ1n) is 11.1. The number of hydroxylamine groups is 1. The number of nitrogens with zero attached hydrogens (tertiary/aromatic N) is 2. The first-order chi connectivity index (χ1) is 16.9. The number of para-hydroxylation sites is 1. The molecule has 35 heavy (non-hydrogen) atoms. The number of aromatic nitrogens is 1. The van der Waals surface area contributed by atoms with E-state index in [0.29, 0.717) is 31.0 Å². The molecule has 0 saturated carbocycles. The van der Waals surface area contributed by atoms with Crippen LogP contribution in [0.15, 0.2) is 54.6 Å². The summed E-state index contributed by atoms with van der Waals surface area (Å²) in [5.41, 5.74) is 4.99. The van der Waals surface area contributed by atoms with Gasteiger partial charge < -0.3 is 19.7 Å². The maximum Gasteiger partial charge on any atom is 0.407 e. The van der Waals surface area contributed by atoms with Gasteiger partial charge in [-0.3, -0.25) is 19.8 Å². The number of alkyl carbamates (subject to hydrolysis) is 1. The van der Waals surface area contributed by atoms with Crippen LogP contribution in [0.25, 0.3) is 10.9 Å². The molecule has 1 fully saturated rings. The van der Waals surface area contributed by atoms with Crippen molar-refractivity contribution in [1.82, 2.24) is 15.8 Å². The van der Waals surface area contributed by atoms with E-state index in [1.54, 1.807) is 24.3 Å². The molecule has 2 atom stereocenters. The summed E-state index contributed by atoms with van der Waals surface area (Å²) >= 11 is 0. The van der Waals surface area contributed by atoms with Crippen molar-refractivity contribution >= 4 is 34.5 Å². The van der Waals surface area contributed by atoms with Crippen molar-refractivity contribution in [1.29, 1.82) is 0 Å². The van der Waals surface area contributed by atoms with Gasteiger partial charge in [0.25, 0.3) is 5.91 Å². The van der Waals surface area contributed by atoms with E-state index in [-0.39, 0.29) is 5.91 Å². The zero-order valence-corrected chi connectivity index (χ0v) is 19.4. The van der Waals surface area contributed by atoms with Crippen molar-refractivity contribution in [2.45, 2.75) is 26.0 Å². The number of ether oxygens (including phenoxy) is 2. The van der Waals surface area contributed by atoms with E-state index in [1.807, 2.05) is 37.3 Å². The summed E-state index contributed by atoms with van der Waals surface area (Å²) in [4.78, 5) is 42.8. The van der Waals surface area contributed by atoms with E-state index < -0.39 is 24.0 Å². The van der Waals surface area contributed by atoms with Crippen molar-refractivity contribution in [3.05, 3.63) is 65.9 Å². The minimum atomic E-state index is -1.26. The number of amides is 3. The predicted octanol–water partition coefficient (Wildman–Crippen LogP) is 2.71. The Morgan fingerprint density at radius 2 is 1.94 bits per heavy atom. The van der Waals surface area contributed by atoms with Gasteiger partial charge in [-0.15, -0.1) is 0 Å². The van der Waals surface area contributed by atoms with Gasteiger partial charge in [0.2, 0.25) is 5.91 Å². The second kappa shape index (κ2) is 10.4. The lowest BCUT2D eigenvalue weighted by Gasteiger charge is -2.22. The monoisotopic (exact) mass is 478 g/mol. The quantitative estimate of drug-likeness (QED) is 0.352. The second-order valence-corrected chi connectivity index (χ2v) is 8.20. The smallest absolute Gasteiger partial charge is 0.407 e. The molecule has 2 heterocycles. The lowest BCUT2D eigenvalue weighted by Crippen LogP contribution is -2.52. The van der Waals surface area contributed by atoms with Crippen molar-refractivity contribution in [3.63, 3.8) is 0 Å². The van der Waals surface area contributed by atoms with Crippen LogP contribution in [-0.2, 0) is 20.9 Å². The van der Waals surface area contributed by atoms with Gasteiger partial charge in [0, 0.05) is 28.9 Å². The summed E-state index contributed by atoms with van der Waals surface area (Å²) in [6.45, 7) is 2.66. The first kappa shape index (κ1) is 24.0. The highest BCUT2D eigenvalue weighted by Gasteiger charge is 2.42. The number of hydrogen-bond donors (Lipinski definition) is 3. The lowest BCUT2D eigenvalue weighted by atomic mass is 9.97. The van der Waals surface area contributed by atoms with Gasteiger partial charge >= 0.3 is 6.09 Å². The summed E-state index contributed by atoms with van der Waals surface area (Å²) in [7, 11) is 1.15. The number of benzene rings is 2. The molecule has 10 nitrogen and oxygen atoms in total.